The molecule has 0 spiro atoms. The van der Waals surface area contributed by atoms with Crippen LogP contribution in [-0.4, -0.2) is 35.7 Å². The maximum absolute atomic E-state index is 13.6. The molecule has 5 nitrogen and oxygen atoms in total. The number of carbonyl (C=O) groups is 1. The van der Waals surface area contributed by atoms with Gasteiger partial charge in [-0.05, 0) is 51.5 Å². The molecule has 2 heterocycles. The molecule has 2 aliphatic heterocycles. The smallest absolute Gasteiger partial charge is 0.322 e. The second-order valence-corrected chi connectivity index (χ2v) is 9.79. The zero-order chi connectivity index (χ0) is 21.0. The first-order valence-electron chi connectivity index (χ1n) is 9.64. The minimum Gasteiger partial charge on any atom is -0.459 e. The summed E-state index contributed by atoms with van der Waals surface area (Å²) >= 11 is 3.53. The molecular weight excluding hydrogens is 436 g/mol. The van der Waals surface area contributed by atoms with Gasteiger partial charge in [-0.25, -0.2) is 0 Å². The van der Waals surface area contributed by atoms with Crippen molar-refractivity contribution in [2.24, 2.45) is 5.41 Å². The van der Waals surface area contributed by atoms with Crippen LogP contribution in [0.2, 0.25) is 0 Å². The van der Waals surface area contributed by atoms with E-state index in [1.54, 1.807) is 6.07 Å². The molecule has 2 aliphatic rings. The summed E-state index contributed by atoms with van der Waals surface area (Å²) in [6.07, 6.45) is 0. The van der Waals surface area contributed by atoms with Gasteiger partial charge >= 0.3 is 5.97 Å². The average molecular weight is 461 g/mol. The molecule has 4 rings (SSSR count). The Labute approximate surface area is 179 Å². The number of benzene rings is 2. The van der Waals surface area contributed by atoms with Crippen LogP contribution in [0, 0.1) is 12.3 Å². The molecule has 154 valence electrons. The Balaban J connectivity index is 1.98. The van der Waals surface area contributed by atoms with Crippen molar-refractivity contribution in [3.8, 4) is 5.75 Å². The zero-order valence-electron chi connectivity index (χ0n) is 17.0. The average Bonchev–Trinajstić information content (AvgIpc) is 2.97. The first-order valence-corrected chi connectivity index (χ1v) is 10.4. The lowest BCUT2D eigenvalue weighted by Crippen LogP contribution is -2.62. The Kier molecular flexibility index (Phi) is 4.80. The predicted molar refractivity (Wildman–Crippen MR) is 112 cm³/mol. The lowest BCUT2D eigenvalue weighted by atomic mass is 9.63. The molecule has 6 heteroatoms. The summed E-state index contributed by atoms with van der Waals surface area (Å²) in [6, 6.07) is 13.6. The van der Waals surface area contributed by atoms with Gasteiger partial charge in [0.1, 0.15) is 18.0 Å². The van der Waals surface area contributed by atoms with Crippen LogP contribution in [0.1, 0.15) is 43.4 Å². The minimum absolute atomic E-state index is 0.00289. The summed E-state index contributed by atoms with van der Waals surface area (Å²) in [5, 5.41) is 11.6. The maximum Gasteiger partial charge on any atom is 0.322 e. The van der Waals surface area contributed by atoms with E-state index >= 15 is 0 Å². The van der Waals surface area contributed by atoms with Crippen molar-refractivity contribution in [1.29, 1.82) is 0 Å². The number of aryl methyl sites for hydroxylation is 1. The van der Waals surface area contributed by atoms with Crippen LogP contribution in [0.4, 0.5) is 0 Å². The number of fused-ring (bicyclic) bond motifs is 2. The van der Waals surface area contributed by atoms with E-state index in [2.05, 4.69) is 15.9 Å². The van der Waals surface area contributed by atoms with Crippen molar-refractivity contribution in [1.82, 2.24) is 0 Å². The van der Waals surface area contributed by atoms with E-state index in [1.165, 1.54) is 0 Å². The minimum atomic E-state index is -1.83. The predicted octanol–water partition coefficient (Wildman–Crippen LogP) is 4.33. The fourth-order valence-electron chi connectivity index (χ4n) is 4.23. The van der Waals surface area contributed by atoms with Crippen molar-refractivity contribution in [2.75, 3.05) is 13.2 Å². The van der Waals surface area contributed by atoms with E-state index in [-0.39, 0.29) is 13.2 Å². The summed E-state index contributed by atoms with van der Waals surface area (Å²) in [7, 11) is 0. The van der Waals surface area contributed by atoms with Crippen LogP contribution >= 0.6 is 15.9 Å². The number of carbonyl (C=O) groups excluding carboxylic acids is 1. The molecule has 1 saturated heterocycles. The third-order valence-electron chi connectivity index (χ3n) is 5.55. The van der Waals surface area contributed by atoms with Crippen molar-refractivity contribution in [2.45, 2.75) is 45.0 Å². The lowest BCUT2D eigenvalue weighted by Gasteiger charge is -2.48. The molecule has 3 atom stereocenters. The molecule has 1 N–H and O–H groups in total. The van der Waals surface area contributed by atoms with Crippen molar-refractivity contribution in [3.63, 3.8) is 0 Å². The molecular formula is C23H25BrO5. The molecule has 2 aromatic rings. The van der Waals surface area contributed by atoms with Gasteiger partial charge in [0.05, 0.1) is 6.61 Å². The Hall–Kier alpha value is -1.89. The highest BCUT2D eigenvalue weighted by Gasteiger charge is 2.71. The van der Waals surface area contributed by atoms with E-state index in [1.807, 2.05) is 64.1 Å². The number of esters is 1. The van der Waals surface area contributed by atoms with Gasteiger partial charge in [0, 0.05) is 16.0 Å². The lowest BCUT2D eigenvalue weighted by molar-refractivity contribution is -0.230. The Morgan fingerprint density at radius 1 is 1.17 bits per heavy atom. The van der Waals surface area contributed by atoms with Gasteiger partial charge in [-0.15, -0.1) is 0 Å². The molecule has 0 aliphatic carbocycles. The fraction of sp³-hybridized carbons (Fsp3) is 0.435. The van der Waals surface area contributed by atoms with Crippen LogP contribution in [0.3, 0.4) is 0 Å². The van der Waals surface area contributed by atoms with Crippen molar-refractivity contribution in [3.05, 3.63) is 63.6 Å². The first-order chi connectivity index (χ1) is 13.6. The second-order valence-electron chi connectivity index (χ2n) is 8.88. The van der Waals surface area contributed by atoms with Gasteiger partial charge < -0.3 is 19.3 Å². The topological polar surface area (TPSA) is 65.0 Å². The molecule has 0 aromatic heterocycles. The van der Waals surface area contributed by atoms with Gasteiger partial charge in [-0.1, -0.05) is 45.8 Å². The quantitative estimate of drug-likeness (QED) is 0.675. The molecule has 2 aromatic carbocycles. The summed E-state index contributed by atoms with van der Waals surface area (Å²) in [4.78, 5) is 13.6. The van der Waals surface area contributed by atoms with E-state index < -0.39 is 28.7 Å². The van der Waals surface area contributed by atoms with Gasteiger partial charge in [0.2, 0.25) is 0 Å². The van der Waals surface area contributed by atoms with Crippen LogP contribution < -0.4 is 4.74 Å². The SMILES string of the molecule is Cc1ccc([C@H]2c3cc(Br)ccc3O[C@@]3(O)COC[C@@]23C(=O)OC(C)(C)C)cc1. The van der Waals surface area contributed by atoms with E-state index in [0.717, 1.165) is 21.2 Å². The van der Waals surface area contributed by atoms with Crippen LogP contribution in [0.15, 0.2) is 46.9 Å². The summed E-state index contributed by atoms with van der Waals surface area (Å²) in [5.41, 5.74) is 0.672. The molecule has 0 unspecified atom stereocenters. The van der Waals surface area contributed by atoms with Crippen LogP contribution in [0.25, 0.3) is 0 Å². The van der Waals surface area contributed by atoms with E-state index in [9.17, 15) is 9.90 Å². The molecule has 0 radical (unpaired) electrons. The molecule has 0 bridgehead atoms. The molecule has 0 amide bonds. The largest absolute Gasteiger partial charge is 0.459 e. The third kappa shape index (κ3) is 3.27. The highest BCUT2D eigenvalue weighted by atomic mass is 79.9. The second kappa shape index (κ2) is 6.83. The van der Waals surface area contributed by atoms with Crippen LogP contribution in [0.5, 0.6) is 5.75 Å². The number of hydrogen-bond donors (Lipinski definition) is 1. The monoisotopic (exact) mass is 460 g/mol. The van der Waals surface area contributed by atoms with E-state index in [0.29, 0.717) is 5.75 Å². The summed E-state index contributed by atoms with van der Waals surface area (Å²) < 4.78 is 18.4. The normalized spacial score (nSPS) is 28.3. The summed E-state index contributed by atoms with van der Waals surface area (Å²) in [5.74, 6) is -2.31. The number of aliphatic hydroxyl groups is 1. The van der Waals surface area contributed by atoms with Crippen molar-refractivity contribution >= 4 is 21.9 Å². The van der Waals surface area contributed by atoms with Gasteiger partial charge in [-0.3, -0.25) is 4.79 Å². The third-order valence-corrected chi connectivity index (χ3v) is 6.05. The van der Waals surface area contributed by atoms with Gasteiger partial charge in [-0.2, -0.15) is 0 Å². The number of hydrogen-bond acceptors (Lipinski definition) is 5. The van der Waals surface area contributed by atoms with Crippen LogP contribution in [-0.2, 0) is 14.3 Å². The maximum atomic E-state index is 13.6. The van der Waals surface area contributed by atoms with Crippen molar-refractivity contribution < 1.29 is 24.1 Å². The number of halogens is 1. The van der Waals surface area contributed by atoms with Gasteiger partial charge in [0.25, 0.3) is 5.79 Å². The highest BCUT2D eigenvalue weighted by molar-refractivity contribution is 9.10. The number of ether oxygens (including phenoxy) is 3. The Morgan fingerprint density at radius 3 is 2.52 bits per heavy atom. The molecule has 1 fully saturated rings. The number of rotatable bonds is 2. The fourth-order valence-corrected chi connectivity index (χ4v) is 4.61. The van der Waals surface area contributed by atoms with E-state index in [4.69, 9.17) is 14.2 Å². The molecule has 29 heavy (non-hydrogen) atoms. The zero-order valence-corrected chi connectivity index (χ0v) is 18.6. The Morgan fingerprint density at radius 2 is 1.86 bits per heavy atom. The molecule has 0 saturated carbocycles. The highest BCUT2D eigenvalue weighted by Crippen LogP contribution is 2.59. The Bertz CT molecular complexity index is 949. The van der Waals surface area contributed by atoms with Gasteiger partial charge in [0.15, 0.2) is 5.41 Å². The first kappa shape index (κ1) is 20.4. The summed E-state index contributed by atoms with van der Waals surface area (Å²) in [6.45, 7) is 7.34. The standard InChI is InChI=1S/C23H25BrO5/c1-14-5-7-15(8-6-14)19-17-11-16(24)9-10-18(17)28-23(26)13-27-12-22(19,23)20(25)29-21(2,3)4/h5-11,19,26H,12-13H2,1-4H3/t19-,22-,23-/m0/s1.